The van der Waals surface area contributed by atoms with Gasteiger partial charge in [-0.15, -0.1) is 0 Å². The first kappa shape index (κ1) is 19.2. The molecule has 0 spiro atoms. The zero-order valence-electron chi connectivity index (χ0n) is 16.3. The summed E-state index contributed by atoms with van der Waals surface area (Å²) in [6.07, 6.45) is -1.74. The Balaban J connectivity index is 1.29. The van der Waals surface area contributed by atoms with E-state index < -0.39 is 11.7 Å². The van der Waals surface area contributed by atoms with Gasteiger partial charge in [-0.1, -0.05) is 6.07 Å². The Morgan fingerprint density at radius 3 is 2.33 bits per heavy atom. The molecule has 2 aromatic rings. The van der Waals surface area contributed by atoms with Gasteiger partial charge < -0.3 is 20.3 Å². The maximum atomic E-state index is 13.0. The molecule has 4 aliphatic heterocycles. The van der Waals surface area contributed by atoms with Gasteiger partial charge in [0.1, 0.15) is 0 Å². The lowest BCUT2D eigenvalue weighted by atomic mass is 9.71. The monoisotopic (exact) mass is 417 g/mol. The molecule has 0 unspecified atom stereocenters. The summed E-state index contributed by atoms with van der Waals surface area (Å²) in [5.41, 5.74) is 0.986. The zero-order chi connectivity index (χ0) is 20.9. The number of hydrogen-bond acceptors (Lipinski definition) is 4. The van der Waals surface area contributed by atoms with Crippen molar-refractivity contribution in [2.24, 2.45) is 5.41 Å². The van der Waals surface area contributed by atoms with E-state index in [-0.39, 0.29) is 17.1 Å². The van der Waals surface area contributed by atoms with Crippen LogP contribution in [-0.2, 0) is 17.5 Å². The van der Waals surface area contributed by atoms with Crippen molar-refractivity contribution in [3.63, 3.8) is 0 Å². The summed E-state index contributed by atoms with van der Waals surface area (Å²) in [7, 11) is 0. The van der Waals surface area contributed by atoms with Gasteiger partial charge in [-0.3, -0.25) is 4.79 Å². The van der Waals surface area contributed by atoms with Gasteiger partial charge >= 0.3 is 6.18 Å². The molecule has 2 bridgehead atoms. The number of benzene rings is 2. The van der Waals surface area contributed by atoms with Crippen LogP contribution in [0, 0.1) is 5.41 Å². The number of rotatable bonds is 3. The van der Waals surface area contributed by atoms with E-state index in [0.717, 1.165) is 56.6 Å². The summed E-state index contributed by atoms with van der Waals surface area (Å²) in [5.74, 6) is 0.669. The van der Waals surface area contributed by atoms with Crippen molar-refractivity contribution in [3.05, 3.63) is 47.5 Å². The van der Waals surface area contributed by atoms with Gasteiger partial charge in [0.05, 0.1) is 22.4 Å². The van der Waals surface area contributed by atoms with Gasteiger partial charge in [-0.25, -0.2) is 0 Å². The summed E-state index contributed by atoms with van der Waals surface area (Å²) in [4.78, 5) is 15.2. The Kier molecular flexibility index (Phi) is 4.43. The Labute approximate surface area is 172 Å². The molecule has 4 aliphatic rings. The minimum Gasteiger partial charge on any atom is -0.453 e. The van der Waals surface area contributed by atoms with E-state index in [1.807, 2.05) is 12.1 Å². The topological polar surface area (TPSA) is 53.6 Å². The third kappa shape index (κ3) is 3.39. The zero-order valence-corrected chi connectivity index (χ0v) is 16.3. The van der Waals surface area contributed by atoms with Gasteiger partial charge in [0.25, 0.3) is 0 Å². The summed E-state index contributed by atoms with van der Waals surface area (Å²) in [5, 5.41) is 6.16. The van der Waals surface area contributed by atoms with E-state index in [1.54, 1.807) is 6.07 Å². The molecule has 1 amide bonds. The average Bonchev–Trinajstić information content (AvgIpc) is 2.76. The third-order valence-corrected chi connectivity index (χ3v) is 6.50. The SMILES string of the molecule is O=C(NCc1ccc2c(c1)Oc1cc(C(F)(F)F)ccc1N2)C12CCN(CC1)CC2. The second-order valence-corrected chi connectivity index (χ2v) is 8.32. The number of nitrogens with zero attached hydrogens (tertiary/aromatic N) is 1. The highest BCUT2D eigenvalue weighted by molar-refractivity contribution is 5.83. The van der Waals surface area contributed by atoms with Gasteiger partial charge in [-0.05, 0) is 74.8 Å². The summed E-state index contributed by atoms with van der Waals surface area (Å²) in [6.45, 7) is 3.29. The minimum absolute atomic E-state index is 0.0961. The molecule has 0 aliphatic carbocycles. The normalized spacial score (nSPS) is 24.3. The fourth-order valence-corrected chi connectivity index (χ4v) is 4.55. The van der Waals surface area contributed by atoms with Crippen molar-refractivity contribution in [2.75, 3.05) is 25.0 Å². The van der Waals surface area contributed by atoms with Crippen molar-refractivity contribution in [2.45, 2.75) is 32.0 Å². The molecule has 2 N–H and O–H groups in total. The number of carbonyl (C=O) groups excluding carboxylic acids is 1. The summed E-state index contributed by atoms with van der Waals surface area (Å²) < 4.78 is 44.7. The van der Waals surface area contributed by atoms with Crippen LogP contribution in [0.2, 0.25) is 0 Å². The molecule has 0 aromatic heterocycles. The highest BCUT2D eigenvalue weighted by atomic mass is 19.4. The van der Waals surface area contributed by atoms with Gasteiger partial charge in [0.15, 0.2) is 11.5 Å². The number of ether oxygens (including phenoxy) is 1. The molecule has 3 fully saturated rings. The first-order chi connectivity index (χ1) is 14.3. The molecule has 158 valence electrons. The highest BCUT2D eigenvalue weighted by Gasteiger charge is 2.44. The molecule has 2 aromatic carbocycles. The van der Waals surface area contributed by atoms with E-state index in [2.05, 4.69) is 15.5 Å². The number of hydrogen-bond donors (Lipinski definition) is 2. The smallest absolute Gasteiger partial charge is 0.416 e. The predicted octanol–water partition coefficient (Wildman–Crippen LogP) is 4.66. The standard InChI is InChI=1S/C22H22F3N3O2/c23-22(24,25)15-2-4-17-19(12-15)30-18-11-14(1-3-16(18)27-17)13-26-20(29)21-5-8-28(9-6-21)10-7-21/h1-4,11-12,27H,5-10,13H2,(H,26,29). The Hall–Kier alpha value is -2.74. The lowest BCUT2D eigenvalue weighted by Crippen LogP contribution is -2.54. The molecule has 0 radical (unpaired) electrons. The van der Waals surface area contributed by atoms with Crippen molar-refractivity contribution >= 4 is 17.3 Å². The lowest BCUT2D eigenvalue weighted by molar-refractivity contribution is -0.138. The average molecular weight is 417 g/mol. The van der Waals surface area contributed by atoms with Crippen LogP contribution in [0.1, 0.15) is 30.4 Å². The summed E-state index contributed by atoms with van der Waals surface area (Å²) >= 11 is 0. The number of nitrogens with one attached hydrogen (secondary N) is 2. The van der Waals surface area contributed by atoms with E-state index in [9.17, 15) is 18.0 Å². The molecule has 4 heterocycles. The maximum Gasteiger partial charge on any atom is 0.416 e. The van der Waals surface area contributed by atoms with E-state index >= 15 is 0 Å². The third-order valence-electron chi connectivity index (χ3n) is 6.50. The van der Waals surface area contributed by atoms with Crippen molar-refractivity contribution < 1.29 is 22.7 Å². The van der Waals surface area contributed by atoms with Crippen LogP contribution < -0.4 is 15.4 Å². The predicted molar refractivity (Wildman–Crippen MR) is 106 cm³/mol. The first-order valence-corrected chi connectivity index (χ1v) is 10.1. The number of alkyl halides is 3. The first-order valence-electron chi connectivity index (χ1n) is 10.1. The van der Waals surface area contributed by atoms with Crippen molar-refractivity contribution in [1.82, 2.24) is 10.2 Å². The van der Waals surface area contributed by atoms with Crippen LogP contribution in [0.4, 0.5) is 24.5 Å². The van der Waals surface area contributed by atoms with Crippen LogP contribution in [0.15, 0.2) is 36.4 Å². The molecule has 0 saturated carbocycles. The second kappa shape index (κ2) is 6.91. The Morgan fingerprint density at radius 2 is 1.67 bits per heavy atom. The molecular formula is C22H22F3N3O2. The molecule has 3 saturated heterocycles. The molecular weight excluding hydrogens is 395 g/mol. The maximum absolute atomic E-state index is 13.0. The quantitative estimate of drug-likeness (QED) is 0.651. The van der Waals surface area contributed by atoms with E-state index in [4.69, 9.17) is 4.74 Å². The molecule has 6 rings (SSSR count). The molecule has 0 atom stereocenters. The number of halogens is 3. The van der Waals surface area contributed by atoms with Crippen LogP contribution in [-0.4, -0.2) is 30.4 Å². The number of piperidine rings is 3. The van der Waals surface area contributed by atoms with Gasteiger partial charge in [0, 0.05) is 6.54 Å². The van der Waals surface area contributed by atoms with Crippen LogP contribution >= 0.6 is 0 Å². The fourth-order valence-electron chi connectivity index (χ4n) is 4.55. The summed E-state index contributed by atoms with van der Waals surface area (Å²) in [6, 6.07) is 8.84. The Bertz CT molecular complexity index is 984. The van der Waals surface area contributed by atoms with Crippen molar-refractivity contribution in [1.29, 1.82) is 0 Å². The fraction of sp³-hybridized carbons (Fsp3) is 0.409. The van der Waals surface area contributed by atoms with E-state index in [1.165, 1.54) is 6.07 Å². The van der Waals surface area contributed by atoms with Gasteiger partial charge in [0.2, 0.25) is 5.91 Å². The number of anilines is 2. The van der Waals surface area contributed by atoms with Crippen LogP contribution in [0.3, 0.4) is 0 Å². The molecule has 8 heteroatoms. The lowest BCUT2D eigenvalue weighted by Gasteiger charge is -2.47. The van der Waals surface area contributed by atoms with Gasteiger partial charge in [-0.2, -0.15) is 13.2 Å². The molecule has 5 nitrogen and oxygen atoms in total. The second-order valence-electron chi connectivity index (χ2n) is 8.32. The van der Waals surface area contributed by atoms with Crippen molar-refractivity contribution in [3.8, 4) is 11.5 Å². The largest absolute Gasteiger partial charge is 0.453 e. The van der Waals surface area contributed by atoms with E-state index in [0.29, 0.717) is 23.7 Å². The molecule has 30 heavy (non-hydrogen) atoms. The number of amides is 1. The number of carbonyl (C=O) groups is 1. The Morgan fingerprint density at radius 1 is 1.03 bits per heavy atom. The highest BCUT2D eigenvalue weighted by Crippen LogP contribution is 2.45. The van der Waals surface area contributed by atoms with Crippen LogP contribution in [0.5, 0.6) is 11.5 Å². The number of fused-ring (bicyclic) bond motifs is 5. The minimum atomic E-state index is -4.43. The van der Waals surface area contributed by atoms with Crippen LogP contribution in [0.25, 0.3) is 0 Å².